The largest absolute Gasteiger partial charge is 0.388 e. The molecule has 0 aliphatic carbocycles. The Labute approximate surface area is 109 Å². The van der Waals surface area contributed by atoms with Crippen LogP contribution in [-0.2, 0) is 4.84 Å². The zero-order valence-electron chi connectivity index (χ0n) is 11.1. The van der Waals surface area contributed by atoms with Crippen LogP contribution >= 0.6 is 0 Å². The van der Waals surface area contributed by atoms with E-state index in [1.165, 1.54) is 5.56 Å². The number of hydrogen-bond acceptors (Lipinski definition) is 4. The van der Waals surface area contributed by atoms with Crippen molar-refractivity contribution in [1.29, 1.82) is 0 Å². The lowest BCUT2D eigenvalue weighted by Gasteiger charge is -2.19. The molecular weight excluding hydrogens is 226 g/mol. The highest BCUT2D eigenvalue weighted by molar-refractivity contribution is 5.77. The van der Waals surface area contributed by atoms with E-state index in [9.17, 15) is 0 Å². The Bertz CT molecular complexity index is 391. The highest BCUT2D eigenvalue weighted by Gasteiger charge is 2.27. The van der Waals surface area contributed by atoms with Gasteiger partial charge in [-0.1, -0.05) is 37.3 Å². The number of hydroxylamine groups is 2. The van der Waals surface area contributed by atoms with Gasteiger partial charge in [-0.25, -0.2) is 4.99 Å². The van der Waals surface area contributed by atoms with Crippen molar-refractivity contribution in [1.82, 2.24) is 10.4 Å². The average molecular weight is 247 g/mol. The van der Waals surface area contributed by atoms with Crippen LogP contribution < -0.4 is 5.32 Å². The van der Waals surface area contributed by atoms with Crippen LogP contribution in [0.15, 0.2) is 35.3 Å². The van der Waals surface area contributed by atoms with Gasteiger partial charge in [-0.2, -0.15) is 0 Å². The molecule has 0 amide bonds. The summed E-state index contributed by atoms with van der Waals surface area (Å²) in [7, 11) is 0. The van der Waals surface area contributed by atoms with Gasteiger partial charge in [0.15, 0.2) is 6.17 Å². The van der Waals surface area contributed by atoms with E-state index in [4.69, 9.17) is 4.84 Å². The van der Waals surface area contributed by atoms with Gasteiger partial charge in [0, 0.05) is 19.5 Å². The standard InChI is InChI=1S/C14H21N3O/c1-3-15-11-10-13-16-14(17(4-2)18-13)12-8-6-5-7-9-12/h5-9,14-15H,3-4,10-11H2,1-2H3/t14-/m0/s1. The number of nitrogens with one attached hydrogen (secondary N) is 1. The predicted molar refractivity (Wildman–Crippen MR) is 73.2 cm³/mol. The molecular formula is C14H21N3O. The quantitative estimate of drug-likeness (QED) is 0.784. The number of benzene rings is 1. The van der Waals surface area contributed by atoms with Crippen molar-refractivity contribution in [2.24, 2.45) is 4.99 Å². The van der Waals surface area contributed by atoms with E-state index in [0.717, 1.165) is 32.0 Å². The monoisotopic (exact) mass is 247 g/mol. The van der Waals surface area contributed by atoms with E-state index in [-0.39, 0.29) is 6.17 Å². The third-order valence-corrected chi connectivity index (χ3v) is 2.94. The summed E-state index contributed by atoms with van der Waals surface area (Å²) in [5.41, 5.74) is 1.18. The molecule has 0 aromatic heterocycles. The smallest absolute Gasteiger partial charge is 0.213 e. The molecule has 1 aromatic rings. The van der Waals surface area contributed by atoms with E-state index in [0.29, 0.717) is 0 Å². The van der Waals surface area contributed by atoms with Crippen LogP contribution in [0.3, 0.4) is 0 Å². The van der Waals surface area contributed by atoms with Crippen molar-refractivity contribution < 1.29 is 4.84 Å². The zero-order chi connectivity index (χ0) is 12.8. The first-order valence-corrected chi connectivity index (χ1v) is 6.62. The molecule has 0 fully saturated rings. The van der Waals surface area contributed by atoms with Gasteiger partial charge in [0.2, 0.25) is 5.90 Å². The van der Waals surface area contributed by atoms with E-state index in [1.54, 1.807) is 0 Å². The van der Waals surface area contributed by atoms with Crippen LogP contribution in [0.2, 0.25) is 0 Å². The molecule has 0 radical (unpaired) electrons. The number of rotatable bonds is 6. The number of hydrogen-bond donors (Lipinski definition) is 1. The second kappa shape index (κ2) is 6.52. The van der Waals surface area contributed by atoms with Crippen molar-refractivity contribution >= 4 is 5.90 Å². The van der Waals surface area contributed by atoms with Crippen molar-refractivity contribution in [3.63, 3.8) is 0 Å². The summed E-state index contributed by atoms with van der Waals surface area (Å²) in [6.45, 7) is 6.90. The van der Waals surface area contributed by atoms with Crippen LogP contribution in [0.25, 0.3) is 0 Å². The van der Waals surface area contributed by atoms with E-state index in [2.05, 4.69) is 36.3 Å². The van der Waals surface area contributed by atoms with E-state index < -0.39 is 0 Å². The van der Waals surface area contributed by atoms with Gasteiger partial charge >= 0.3 is 0 Å². The molecule has 0 bridgehead atoms. The fourth-order valence-electron chi connectivity index (χ4n) is 2.00. The minimum atomic E-state index is 0.00725. The Morgan fingerprint density at radius 2 is 2.06 bits per heavy atom. The molecule has 1 heterocycles. The Balaban J connectivity index is 2.03. The van der Waals surface area contributed by atoms with E-state index in [1.807, 2.05) is 23.3 Å². The molecule has 0 unspecified atom stereocenters. The molecule has 4 heteroatoms. The van der Waals surface area contributed by atoms with Gasteiger partial charge < -0.3 is 10.2 Å². The number of aliphatic imine (C=N–C) groups is 1. The molecule has 1 aliphatic rings. The Kier molecular flexibility index (Phi) is 4.73. The van der Waals surface area contributed by atoms with Crippen LogP contribution in [0.1, 0.15) is 32.0 Å². The predicted octanol–water partition coefficient (Wildman–Crippen LogP) is 2.35. The van der Waals surface area contributed by atoms with Crippen LogP contribution in [0, 0.1) is 0 Å². The molecule has 1 aliphatic heterocycles. The third-order valence-electron chi connectivity index (χ3n) is 2.94. The fraction of sp³-hybridized carbons (Fsp3) is 0.500. The third kappa shape index (κ3) is 3.09. The lowest BCUT2D eigenvalue weighted by molar-refractivity contribution is -0.0815. The van der Waals surface area contributed by atoms with E-state index >= 15 is 0 Å². The molecule has 2 rings (SSSR count). The summed E-state index contributed by atoms with van der Waals surface area (Å²) < 4.78 is 0. The number of nitrogens with zero attached hydrogens (tertiary/aromatic N) is 2. The maximum Gasteiger partial charge on any atom is 0.213 e. The lowest BCUT2D eigenvalue weighted by Crippen LogP contribution is -2.24. The molecule has 98 valence electrons. The van der Waals surface area contributed by atoms with Crippen LogP contribution in [0.4, 0.5) is 0 Å². The Morgan fingerprint density at radius 3 is 2.72 bits per heavy atom. The lowest BCUT2D eigenvalue weighted by atomic mass is 10.2. The molecule has 4 nitrogen and oxygen atoms in total. The molecule has 0 spiro atoms. The van der Waals surface area contributed by atoms with Gasteiger partial charge in [0.05, 0.1) is 0 Å². The summed E-state index contributed by atoms with van der Waals surface area (Å²) in [6, 6.07) is 10.3. The first-order chi connectivity index (χ1) is 8.85. The minimum absolute atomic E-state index is 0.00725. The van der Waals surface area contributed by atoms with Gasteiger partial charge in [-0.05, 0) is 19.0 Å². The zero-order valence-corrected chi connectivity index (χ0v) is 11.1. The molecule has 1 atom stereocenters. The molecule has 1 N–H and O–H groups in total. The molecule has 1 aromatic carbocycles. The van der Waals surface area contributed by atoms with Crippen molar-refractivity contribution in [3.8, 4) is 0 Å². The first kappa shape index (κ1) is 13.1. The second-order valence-corrected chi connectivity index (χ2v) is 4.24. The SMILES string of the molecule is CCNCCC1=N[C@H](c2ccccc2)N(CC)O1. The maximum atomic E-state index is 5.77. The summed E-state index contributed by atoms with van der Waals surface area (Å²) in [6.07, 6.45) is 0.848. The highest BCUT2D eigenvalue weighted by Crippen LogP contribution is 2.27. The van der Waals surface area contributed by atoms with Crippen LogP contribution in [-0.4, -0.2) is 30.6 Å². The molecule has 0 saturated heterocycles. The van der Waals surface area contributed by atoms with Gasteiger partial charge in [0.1, 0.15) is 0 Å². The van der Waals surface area contributed by atoms with Crippen molar-refractivity contribution in [2.45, 2.75) is 26.4 Å². The first-order valence-electron chi connectivity index (χ1n) is 6.62. The summed E-state index contributed by atoms with van der Waals surface area (Å²) in [5.74, 6) is 0.826. The molecule has 0 saturated carbocycles. The van der Waals surface area contributed by atoms with Crippen molar-refractivity contribution in [2.75, 3.05) is 19.6 Å². The maximum absolute atomic E-state index is 5.77. The van der Waals surface area contributed by atoms with Crippen molar-refractivity contribution in [3.05, 3.63) is 35.9 Å². The topological polar surface area (TPSA) is 36.9 Å². The summed E-state index contributed by atoms with van der Waals surface area (Å²) in [4.78, 5) is 10.4. The van der Waals surface area contributed by atoms with Gasteiger partial charge in [0.25, 0.3) is 0 Å². The Hall–Kier alpha value is -1.39. The van der Waals surface area contributed by atoms with Gasteiger partial charge in [-0.3, -0.25) is 0 Å². The van der Waals surface area contributed by atoms with Gasteiger partial charge in [-0.15, -0.1) is 5.06 Å². The summed E-state index contributed by atoms with van der Waals surface area (Å²) in [5, 5.41) is 5.21. The molecule has 18 heavy (non-hydrogen) atoms. The minimum Gasteiger partial charge on any atom is -0.388 e. The highest BCUT2D eigenvalue weighted by atomic mass is 16.7. The normalized spacial score (nSPS) is 19.7. The second-order valence-electron chi connectivity index (χ2n) is 4.24. The fourth-order valence-corrected chi connectivity index (χ4v) is 2.00. The summed E-state index contributed by atoms with van der Waals surface area (Å²) >= 11 is 0. The Morgan fingerprint density at radius 1 is 1.28 bits per heavy atom. The average Bonchev–Trinajstić information content (AvgIpc) is 2.83. The van der Waals surface area contributed by atoms with Crippen LogP contribution in [0.5, 0.6) is 0 Å².